The number of allylic oxidation sites excluding steroid dienone is 3. The summed E-state index contributed by atoms with van der Waals surface area (Å²) in [6, 6.07) is 8.80. The molecule has 1 aromatic carbocycles. The van der Waals surface area contributed by atoms with Crippen LogP contribution in [0.4, 0.5) is 0 Å². The van der Waals surface area contributed by atoms with Crippen LogP contribution in [0.3, 0.4) is 0 Å². The summed E-state index contributed by atoms with van der Waals surface area (Å²) in [5, 5.41) is -0.689. The number of carbonyl (C=O) groups is 1. The van der Waals surface area contributed by atoms with Crippen LogP contribution in [0.15, 0.2) is 69.7 Å². The van der Waals surface area contributed by atoms with Crippen molar-refractivity contribution in [1.29, 1.82) is 0 Å². The number of hydrogen-bond acceptors (Lipinski definition) is 4. The molecule has 1 aliphatic carbocycles. The fraction of sp³-hybridized carbons (Fsp3) is 0.536. The van der Waals surface area contributed by atoms with E-state index in [1.54, 1.807) is 24.3 Å². The second-order valence-electron chi connectivity index (χ2n) is 9.98. The summed E-state index contributed by atoms with van der Waals surface area (Å²) in [6.07, 6.45) is 8.54. The monoisotopic (exact) mass is 550 g/mol. The molecule has 0 aromatic heterocycles. The molecule has 0 saturated carbocycles. The van der Waals surface area contributed by atoms with E-state index in [2.05, 4.69) is 36.7 Å². The van der Waals surface area contributed by atoms with E-state index in [0.717, 1.165) is 48.8 Å². The van der Waals surface area contributed by atoms with Crippen molar-refractivity contribution in [3.63, 3.8) is 0 Å². The highest BCUT2D eigenvalue weighted by Crippen LogP contribution is 2.45. The van der Waals surface area contributed by atoms with Gasteiger partial charge in [-0.05, 0) is 82.1 Å². The van der Waals surface area contributed by atoms with Crippen LogP contribution in [0.25, 0.3) is 0 Å². The summed E-state index contributed by atoms with van der Waals surface area (Å²) in [5.74, 6) is -0.290. The van der Waals surface area contributed by atoms with Gasteiger partial charge < -0.3 is 4.74 Å². The Morgan fingerprint density at radius 3 is 2.41 bits per heavy atom. The summed E-state index contributed by atoms with van der Waals surface area (Å²) >= 11 is 3.79. The Morgan fingerprint density at radius 2 is 1.82 bits per heavy atom. The average molecular weight is 552 g/mol. The molecule has 2 unspecified atom stereocenters. The molecule has 0 bridgehead atoms. The fourth-order valence-electron chi connectivity index (χ4n) is 4.68. The van der Waals surface area contributed by atoms with Crippen molar-refractivity contribution in [2.24, 2.45) is 5.41 Å². The lowest BCUT2D eigenvalue weighted by Gasteiger charge is -2.38. The highest BCUT2D eigenvalue weighted by atomic mass is 79.9. The zero-order chi connectivity index (χ0) is 25.5. The van der Waals surface area contributed by atoms with Gasteiger partial charge in [-0.15, -0.1) is 0 Å². The van der Waals surface area contributed by atoms with Crippen LogP contribution in [-0.4, -0.2) is 31.1 Å². The molecule has 0 saturated heterocycles. The topological polar surface area (TPSA) is 60.4 Å². The van der Waals surface area contributed by atoms with Gasteiger partial charge in [0.1, 0.15) is 11.9 Å². The maximum atomic E-state index is 13.9. The van der Waals surface area contributed by atoms with Gasteiger partial charge in [-0.3, -0.25) is 4.79 Å². The quantitative estimate of drug-likeness (QED) is 0.173. The van der Waals surface area contributed by atoms with Crippen molar-refractivity contribution >= 4 is 31.7 Å². The maximum absolute atomic E-state index is 13.9. The van der Waals surface area contributed by atoms with E-state index in [0.29, 0.717) is 4.90 Å². The average Bonchev–Trinajstić information content (AvgIpc) is 2.76. The molecule has 0 radical (unpaired) electrons. The van der Waals surface area contributed by atoms with Gasteiger partial charge in [-0.2, -0.15) is 0 Å². The lowest BCUT2D eigenvalue weighted by Crippen LogP contribution is -2.34. The first kappa shape index (κ1) is 28.6. The Balaban J connectivity index is 2.37. The molecule has 1 aliphatic rings. The number of ether oxygens (including phenoxy) is 1. The Labute approximate surface area is 214 Å². The van der Waals surface area contributed by atoms with E-state index >= 15 is 0 Å². The highest BCUT2D eigenvalue weighted by Gasteiger charge is 2.39. The van der Waals surface area contributed by atoms with Gasteiger partial charge in [0.2, 0.25) is 0 Å². The molecule has 0 fully saturated rings. The van der Waals surface area contributed by atoms with E-state index in [4.69, 9.17) is 4.74 Å². The third-order valence-electron chi connectivity index (χ3n) is 6.65. The predicted octanol–water partition coefficient (Wildman–Crippen LogP) is 7.35. The first-order valence-electron chi connectivity index (χ1n) is 12.0. The summed E-state index contributed by atoms with van der Waals surface area (Å²) in [7, 11) is -3.60. The van der Waals surface area contributed by atoms with E-state index < -0.39 is 15.1 Å². The Morgan fingerprint density at radius 1 is 1.18 bits per heavy atom. The molecule has 0 heterocycles. The van der Waals surface area contributed by atoms with Crippen LogP contribution >= 0.6 is 15.9 Å². The molecule has 1 aromatic rings. The van der Waals surface area contributed by atoms with Gasteiger partial charge in [0.25, 0.3) is 0 Å². The SMILES string of the molecule is CC(=O)OCC=C(C)CCC(Br)C(C)=CC(C1=C(C)CCCC1(C)C)S(=O)(=O)c1ccccc1. The van der Waals surface area contributed by atoms with Crippen molar-refractivity contribution in [2.75, 3.05) is 6.61 Å². The van der Waals surface area contributed by atoms with Crippen LogP contribution < -0.4 is 0 Å². The number of esters is 1. The van der Waals surface area contributed by atoms with Crippen molar-refractivity contribution in [2.45, 2.75) is 88.6 Å². The van der Waals surface area contributed by atoms with E-state index in [1.807, 2.05) is 32.1 Å². The number of benzene rings is 1. The second kappa shape index (κ2) is 12.3. The van der Waals surface area contributed by atoms with Crippen LogP contribution in [0.2, 0.25) is 0 Å². The normalized spacial score (nSPS) is 19.0. The lowest BCUT2D eigenvalue weighted by molar-refractivity contribution is -0.139. The minimum Gasteiger partial charge on any atom is -0.462 e. The first-order chi connectivity index (χ1) is 15.9. The number of rotatable bonds is 10. The Bertz CT molecular complexity index is 1050. The molecule has 4 nitrogen and oxygen atoms in total. The third kappa shape index (κ3) is 7.67. The van der Waals surface area contributed by atoms with E-state index in [9.17, 15) is 13.2 Å². The number of hydrogen-bond donors (Lipinski definition) is 0. The second-order valence-corrected chi connectivity index (χ2v) is 13.2. The molecule has 34 heavy (non-hydrogen) atoms. The maximum Gasteiger partial charge on any atom is 0.302 e. The molecule has 188 valence electrons. The highest BCUT2D eigenvalue weighted by molar-refractivity contribution is 9.09. The molecular weight excluding hydrogens is 512 g/mol. The minimum atomic E-state index is -3.60. The standard InChI is InChI=1S/C28H39BrO4S/c1-20(16-18-33-23(4)30)14-15-25(29)22(3)19-26(27-21(2)11-10-17-28(27,5)6)34(31,32)24-12-8-7-9-13-24/h7-9,12-13,16,19,25-26H,10-11,14-15,17-18H2,1-6H3. The lowest BCUT2D eigenvalue weighted by atomic mass is 9.71. The molecule has 6 heteroatoms. The summed E-state index contributed by atoms with van der Waals surface area (Å²) in [4.78, 5) is 11.4. The van der Waals surface area contributed by atoms with Gasteiger partial charge >= 0.3 is 5.97 Å². The van der Waals surface area contributed by atoms with Gasteiger partial charge in [0.05, 0.1) is 4.90 Å². The molecule has 0 amide bonds. The number of alkyl halides is 1. The van der Waals surface area contributed by atoms with Gasteiger partial charge in [0, 0.05) is 11.8 Å². The molecule has 2 rings (SSSR count). The number of carbonyl (C=O) groups excluding carboxylic acids is 1. The Kier molecular flexibility index (Phi) is 10.4. The van der Waals surface area contributed by atoms with Crippen LogP contribution in [-0.2, 0) is 19.4 Å². The van der Waals surface area contributed by atoms with Crippen LogP contribution in [0.1, 0.15) is 73.6 Å². The molecular formula is C28H39BrO4S. The molecule has 2 atom stereocenters. The smallest absolute Gasteiger partial charge is 0.302 e. The number of halogens is 1. The van der Waals surface area contributed by atoms with Crippen LogP contribution in [0, 0.1) is 5.41 Å². The van der Waals surface area contributed by atoms with Gasteiger partial charge in [-0.25, -0.2) is 8.42 Å². The summed E-state index contributed by atoms with van der Waals surface area (Å²) < 4.78 is 32.8. The van der Waals surface area contributed by atoms with Gasteiger partial charge in [-0.1, -0.05) is 70.8 Å². The number of sulfone groups is 1. The third-order valence-corrected chi connectivity index (χ3v) is 9.80. The molecule has 0 spiro atoms. The zero-order valence-corrected chi connectivity index (χ0v) is 23.8. The molecule has 0 N–H and O–H groups in total. The van der Waals surface area contributed by atoms with Gasteiger partial charge in [0.15, 0.2) is 9.84 Å². The molecule has 0 aliphatic heterocycles. The van der Waals surface area contributed by atoms with Crippen molar-refractivity contribution in [3.05, 3.63) is 64.8 Å². The van der Waals surface area contributed by atoms with Crippen molar-refractivity contribution < 1.29 is 17.9 Å². The summed E-state index contributed by atoms with van der Waals surface area (Å²) in [5.41, 5.74) is 4.21. The largest absolute Gasteiger partial charge is 0.462 e. The van der Waals surface area contributed by atoms with Crippen LogP contribution in [0.5, 0.6) is 0 Å². The minimum absolute atomic E-state index is 0.0469. The zero-order valence-electron chi connectivity index (χ0n) is 21.4. The van der Waals surface area contributed by atoms with E-state index in [-0.39, 0.29) is 22.8 Å². The van der Waals surface area contributed by atoms with Crippen molar-refractivity contribution in [1.82, 2.24) is 0 Å². The predicted molar refractivity (Wildman–Crippen MR) is 144 cm³/mol. The summed E-state index contributed by atoms with van der Waals surface area (Å²) in [6.45, 7) is 12.1. The van der Waals surface area contributed by atoms with E-state index in [1.165, 1.54) is 12.5 Å². The fourth-order valence-corrected chi connectivity index (χ4v) is 7.12. The van der Waals surface area contributed by atoms with Crippen molar-refractivity contribution in [3.8, 4) is 0 Å². The first-order valence-corrected chi connectivity index (χ1v) is 14.4. The Hall–Kier alpha value is -1.66.